The molecule has 2 N–H and O–H groups in total. The number of methoxy groups -OCH3 is 1. The van der Waals surface area contributed by atoms with Crippen molar-refractivity contribution < 1.29 is 13.2 Å². The van der Waals surface area contributed by atoms with Gasteiger partial charge in [0, 0.05) is 38.3 Å². The zero-order valence-corrected chi connectivity index (χ0v) is 12.7. The topological polar surface area (TPSA) is 80.3 Å². The minimum absolute atomic E-state index is 0.255. The molecule has 2 rings (SSSR count). The number of benzene rings is 1. The highest BCUT2D eigenvalue weighted by molar-refractivity contribution is 7.89. The molecule has 1 aromatic carbocycles. The quantitative estimate of drug-likeness (QED) is 0.703. The number of fused-ring (bicyclic) bond motifs is 1. The molecule has 0 saturated heterocycles. The second-order valence-corrected chi connectivity index (χ2v) is 6.20. The zero-order chi connectivity index (χ0) is 15.1. The molecule has 6 nitrogen and oxygen atoms in total. The molecule has 0 bridgehead atoms. The van der Waals surface area contributed by atoms with Crippen molar-refractivity contribution in [2.24, 2.45) is 0 Å². The molecular weight excluding hydrogens is 290 g/mol. The highest BCUT2D eigenvalue weighted by Gasteiger charge is 2.16. The van der Waals surface area contributed by atoms with Crippen LogP contribution in [0.15, 0.2) is 41.4 Å². The minimum Gasteiger partial charge on any atom is -0.383 e. The summed E-state index contributed by atoms with van der Waals surface area (Å²) >= 11 is 0. The van der Waals surface area contributed by atoms with Crippen LogP contribution in [0.2, 0.25) is 0 Å². The molecule has 0 unspecified atom stereocenters. The lowest BCUT2D eigenvalue weighted by atomic mass is 10.2. The van der Waals surface area contributed by atoms with Crippen molar-refractivity contribution in [2.75, 3.05) is 33.4 Å². The fraction of sp³-hybridized carbons (Fsp3) is 0.357. The summed E-state index contributed by atoms with van der Waals surface area (Å²) < 4.78 is 32.2. The van der Waals surface area contributed by atoms with Gasteiger partial charge in [-0.2, -0.15) is 0 Å². The van der Waals surface area contributed by atoms with Crippen LogP contribution in [0.1, 0.15) is 0 Å². The van der Waals surface area contributed by atoms with Gasteiger partial charge >= 0.3 is 0 Å². The summed E-state index contributed by atoms with van der Waals surface area (Å²) in [5.41, 5.74) is 0.665. The van der Waals surface area contributed by atoms with Crippen LogP contribution in [0.25, 0.3) is 10.9 Å². The van der Waals surface area contributed by atoms with E-state index in [-0.39, 0.29) is 4.90 Å². The Morgan fingerprint density at radius 3 is 2.81 bits per heavy atom. The molecule has 0 amide bonds. The summed E-state index contributed by atoms with van der Waals surface area (Å²) in [6.07, 6.45) is 1.64. The van der Waals surface area contributed by atoms with Crippen LogP contribution in [0, 0.1) is 0 Å². The van der Waals surface area contributed by atoms with Gasteiger partial charge in [0.1, 0.15) is 0 Å². The molecule has 0 spiro atoms. The van der Waals surface area contributed by atoms with Gasteiger partial charge in [0.05, 0.1) is 17.0 Å². The van der Waals surface area contributed by atoms with Crippen LogP contribution in [-0.2, 0) is 14.8 Å². The molecule has 0 atom stereocenters. The van der Waals surface area contributed by atoms with Crippen molar-refractivity contribution in [3.05, 3.63) is 36.5 Å². The molecule has 114 valence electrons. The van der Waals surface area contributed by atoms with E-state index in [1.54, 1.807) is 43.6 Å². The highest BCUT2D eigenvalue weighted by Crippen LogP contribution is 2.20. The molecule has 0 aliphatic rings. The lowest BCUT2D eigenvalue weighted by Gasteiger charge is -2.09. The van der Waals surface area contributed by atoms with E-state index in [1.165, 1.54) is 0 Å². The summed E-state index contributed by atoms with van der Waals surface area (Å²) in [6.45, 7) is 2.16. The van der Waals surface area contributed by atoms with E-state index in [0.717, 1.165) is 0 Å². The Labute approximate surface area is 124 Å². The van der Waals surface area contributed by atoms with E-state index in [1.807, 2.05) is 0 Å². The van der Waals surface area contributed by atoms with Gasteiger partial charge in [0.2, 0.25) is 10.0 Å². The van der Waals surface area contributed by atoms with E-state index < -0.39 is 10.0 Å². The Bertz CT molecular complexity index is 683. The van der Waals surface area contributed by atoms with E-state index in [4.69, 9.17) is 4.74 Å². The van der Waals surface area contributed by atoms with Crippen molar-refractivity contribution in [3.63, 3.8) is 0 Å². The van der Waals surface area contributed by atoms with Crippen molar-refractivity contribution in [2.45, 2.75) is 4.90 Å². The summed E-state index contributed by atoms with van der Waals surface area (Å²) in [5, 5.41) is 3.71. The van der Waals surface area contributed by atoms with Gasteiger partial charge in [-0.15, -0.1) is 0 Å². The molecule has 0 fully saturated rings. The third-order valence-electron chi connectivity index (χ3n) is 2.97. The normalized spacial score (nSPS) is 11.9. The number of hydrogen-bond acceptors (Lipinski definition) is 5. The van der Waals surface area contributed by atoms with Gasteiger partial charge in [-0.05, 0) is 24.3 Å². The summed E-state index contributed by atoms with van der Waals surface area (Å²) in [4.78, 5) is 4.42. The van der Waals surface area contributed by atoms with Crippen molar-refractivity contribution >= 4 is 20.9 Å². The van der Waals surface area contributed by atoms with Crippen LogP contribution in [-0.4, -0.2) is 46.8 Å². The Kier molecular flexibility index (Phi) is 5.63. The average molecular weight is 309 g/mol. The second-order valence-electron chi connectivity index (χ2n) is 4.47. The number of rotatable bonds is 8. The summed E-state index contributed by atoms with van der Waals surface area (Å²) in [7, 11) is -1.92. The largest absolute Gasteiger partial charge is 0.383 e. The predicted octanol–water partition coefficient (Wildman–Crippen LogP) is 0.749. The molecule has 21 heavy (non-hydrogen) atoms. The molecule has 7 heteroatoms. The Morgan fingerprint density at radius 1 is 1.14 bits per heavy atom. The number of pyridine rings is 1. The first-order valence-corrected chi connectivity index (χ1v) is 8.16. The van der Waals surface area contributed by atoms with Gasteiger partial charge in [-0.3, -0.25) is 4.98 Å². The lowest BCUT2D eigenvalue weighted by Crippen LogP contribution is -2.33. The molecule has 0 saturated carbocycles. The SMILES string of the molecule is COCCNCCNS(=O)(=O)c1cccc2ncccc12. The van der Waals surface area contributed by atoms with E-state index in [2.05, 4.69) is 15.0 Å². The zero-order valence-electron chi connectivity index (χ0n) is 11.9. The van der Waals surface area contributed by atoms with Crippen LogP contribution in [0.3, 0.4) is 0 Å². The maximum Gasteiger partial charge on any atom is 0.241 e. The first-order valence-electron chi connectivity index (χ1n) is 6.68. The van der Waals surface area contributed by atoms with Gasteiger partial charge in [0.15, 0.2) is 0 Å². The number of aromatic nitrogens is 1. The van der Waals surface area contributed by atoms with Gasteiger partial charge in [-0.25, -0.2) is 13.1 Å². The third kappa shape index (κ3) is 4.21. The third-order valence-corrected chi connectivity index (χ3v) is 4.49. The fourth-order valence-electron chi connectivity index (χ4n) is 1.96. The highest BCUT2D eigenvalue weighted by atomic mass is 32.2. The first-order chi connectivity index (χ1) is 10.1. The van der Waals surface area contributed by atoms with E-state index >= 15 is 0 Å². The van der Waals surface area contributed by atoms with Crippen molar-refractivity contribution in [3.8, 4) is 0 Å². The Balaban J connectivity index is 2.05. The van der Waals surface area contributed by atoms with Crippen molar-refractivity contribution in [1.29, 1.82) is 0 Å². The molecular formula is C14H19N3O3S. The number of nitrogens with one attached hydrogen (secondary N) is 2. The maximum atomic E-state index is 12.3. The number of ether oxygens (including phenoxy) is 1. The molecule has 0 aliphatic heterocycles. The molecule has 1 aromatic heterocycles. The van der Waals surface area contributed by atoms with Crippen molar-refractivity contribution in [1.82, 2.24) is 15.0 Å². The smallest absolute Gasteiger partial charge is 0.241 e. The number of sulfonamides is 1. The average Bonchev–Trinajstić information content (AvgIpc) is 2.50. The van der Waals surface area contributed by atoms with Gasteiger partial charge in [0.25, 0.3) is 0 Å². The van der Waals surface area contributed by atoms with E-state index in [0.29, 0.717) is 37.1 Å². The van der Waals surface area contributed by atoms with Gasteiger partial charge in [-0.1, -0.05) is 6.07 Å². The molecule has 0 aliphatic carbocycles. The van der Waals surface area contributed by atoms with Gasteiger partial charge < -0.3 is 10.1 Å². The molecule has 2 aromatic rings. The Hall–Kier alpha value is -1.54. The number of nitrogens with zero attached hydrogens (tertiary/aromatic N) is 1. The maximum absolute atomic E-state index is 12.3. The van der Waals surface area contributed by atoms with Crippen LogP contribution < -0.4 is 10.0 Å². The summed E-state index contributed by atoms with van der Waals surface area (Å²) in [5.74, 6) is 0. The van der Waals surface area contributed by atoms with Crippen LogP contribution in [0.4, 0.5) is 0 Å². The van der Waals surface area contributed by atoms with Crippen LogP contribution in [0.5, 0.6) is 0 Å². The van der Waals surface area contributed by atoms with Crippen LogP contribution >= 0.6 is 0 Å². The second kappa shape index (κ2) is 7.46. The molecule has 0 radical (unpaired) electrons. The fourth-order valence-corrected chi connectivity index (χ4v) is 3.21. The standard InChI is InChI=1S/C14H19N3O3S/c1-20-11-10-15-8-9-17-21(18,19)14-6-2-5-13-12(14)4-3-7-16-13/h2-7,15,17H,8-11H2,1H3. The minimum atomic E-state index is -3.54. The predicted molar refractivity (Wildman–Crippen MR) is 81.7 cm³/mol. The molecule has 1 heterocycles. The van der Waals surface area contributed by atoms with E-state index in [9.17, 15) is 8.42 Å². The Morgan fingerprint density at radius 2 is 2.00 bits per heavy atom. The number of hydrogen-bond donors (Lipinski definition) is 2. The monoisotopic (exact) mass is 309 g/mol. The first kappa shape index (κ1) is 15.8. The summed E-state index contributed by atoms with van der Waals surface area (Å²) in [6, 6.07) is 8.56. The lowest BCUT2D eigenvalue weighted by molar-refractivity contribution is 0.199.